The highest BCUT2D eigenvalue weighted by atomic mass is 32.2. The highest BCUT2D eigenvalue weighted by Crippen LogP contribution is 2.23. The van der Waals surface area contributed by atoms with Crippen molar-refractivity contribution in [3.05, 3.63) is 10.5 Å². The minimum Gasteiger partial charge on any atom is -0.328 e. The molecule has 0 aliphatic rings. The van der Waals surface area contributed by atoms with Crippen LogP contribution in [0.25, 0.3) is 11.2 Å². The van der Waals surface area contributed by atoms with E-state index in [1.807, 2.05) is 18.5 Å². The zero-order valence-corrected chi connectivity index (χ0v) is 13.8. The Labute approximate surface area is 123 Å². The lowest BCUT2D eigenvalue weighted by atomic mass is 10.2. The molecule has 6 nitrogen and oxygen atoms in total. The quantitative estimate of drug-likeness (QED) is 0.856. The Morgan fingerprint density at radius 1 is 1.45 bits per heavy atom. The molecule has 0 saturated heterocycles. The van der Waals surface area contributed by atoms with Gasteiger partial charge >= 0.3 is 0 Å². The van der Waals surface area contributed by atoms with Crippen LogP contribution >= 0.6 is 12.2 Å². The van der Waals surface area contributed by atoms with Crippen LogP contribution < -0.4 is 0 Å². The van der Waals surface area contributed by atoms with Crippen LogP contribution in [0.1, 0.15) is 32.0 Å². The summed E-state index contributed by atoms with van der Waals surface area (Å²) in [5, 5.41) is 4.49. The second kappa shape index (κ2) is 5.33. The largest absolute Gasteiger partial charge is 0.328 e. The Kier molecular flexibility index (Phi) is 4.06. The van der Waals surface area contributed by atoms with Gasteiger partial charge in [0.1, 0.15) is 15.4 Å². The van der Waals surface area contributed by atoms with Crippen molar-refractivity contribution in [2.24, 2.45) is 7.05 Å². The summed E-state index contributed by atoms with van der Waals surface area (Å²) in [6.45, 7) is 3.95. The zero-order chi connectivity index (χ0) is 15.1. The van der Waals surface area contributed by atoms with E-state index in [-0.39, 0.29) is 11.8 Å². The van der Waals surface area contributed by atoms with Gasteiger partial charge in [0.15, 0.2) is 10.4 Å². The van der Waals surface area contributed by atoms with Gasteiger partial charge in [-0.3, -0.25) is 9.25 Å². The van der Waals surface area contributed by atoms with E-state index in [1.165, 1.54) is 6.26 Å². The molecule has 2 rings (SSSR count). The van der Waals surface area contributed by atoms with Crippen molar-refractivity contribution in [2.75, 3.05) is 12.0 Å². The van der Waals surface area contributed by atoms with Gasteiger partial charge < -0.3 is 4.98 Å². The number of fused-ring (bicyclic) bond motifs is 1. The van der Waals surface area contributed by atoms with Gasteiger partial charge in [0.2, 0.25) is 0 Å². The number of imidazole rings is 1. The number of nitrogens with zero attached hydrogens (tertiary/aromatic N) is 3. The smallest absolute Gasteiger partial charge is 0.179 e. The average Bonchev–Trinajstić information content (AvgIpc) is 2.76. The summed E-state index contributed by atoms with van der Waals surface area (Å²) >= 11 is 5.35. The number of nitrogens with one attached hydrogen (secondary N) is 1. The summed E-state index contributed by atoms with van der Waals surface area (Å²) in [7, 11) is -1.21. The van der Waals surface area contributed by atoms with Crippen molar-refractivity contribution in [3.63, 3.8) is 0 Å². The van der Waals surface area contributed by atoms with E-state index >= 15 is 0 Å². The van der Waals surface area contributed by atoms with E-state index in [4.69, 9.17) is 12.2 Å². The first kappa shape index (κ1) is 15.2. The Hall–Kier alpha value is -1.15. The summed E-state index contributed by atoms with van der Waals surface area (Å²) < 4.78 is 27.2. The van der Waals surface area contributed by atoms with Gasteiger partial charge in [-0.25, -0.2) is 8.42 Å². The fraction of sp³-hybridized carbons (Fsp3) is 0.667. The van der Waals surface area contributed by atoms with Crippen molar-refractivity contribution in [1.82, 2.24) is 19.3 Å². The third kappa shape index (κ3) is 2.80. The van der Waals surface area contributed by atoms with Crippen LogP contribution in [-0.4, -0.2) is 39.8 Å². The molecule has 2 aromatic heterocycles. The minimum absolute atomic E-state index is 0.0581. The van der Waals surface area contributed by atoms with Crippen LogP contribution in [0.5, 0.6) is 0 Å². The molecule has 0 radical (unpaired) electrons. The second-order valence-electron chi connectivity index (χ2n) is 5.26. The Morgan fingerprint density at radius 3 is 2.65 bits per heavy atom. The topological polar surface area (TPSA) is 72.7 Å². The van der Waals surface area contributed by atoms with E-state index < -0.39 is 9.84 Å². The molecule has 0 fully saturated rings. The summed E-state index contributed by atoms with van der Waals surface area (Å²) in [6.07, 6.45) is 3.10. The molecular weight excluding hydrogens is 296 g/mol. The normalized spacial score (nSPS) is 14.0. The van der Waals surface area contributed by atoms with E-state index in [0.717, 1.165) is 29.7 Å². The predicted octanol–water partition coefficient (Wildman–Crippen LogP) is 1.99. The number of aromatic nitrogens is 4. The van der Waals surface area contributed by atoms with Crippen molar-refractivity contribution in [2.45, 2.75) is 32.7 Å². The number of hydrogen-bond donors (Lipinski definition) is 1. The summed E-state index contributed by atoms with van der Waals surface area (Å²) in [6, 6.07) is -0.226. The van der Waals surface area contributed by atoms with Gasteiger partial charge in [-0.2, -0.15) is 5.10 Å². The van der Waals surface area contributed by atoms with Crippen LogP contribution in [0.3, 0.4) is 0 Å². The number of aromatic amines is 1. The molecule has 0 aromatic carbocycles. The summed E-state index contributed by atoms with van der Waals surface area (Å²) in [5.41, 5.74) is 2.75. The summed E-state index contributed by atoms with van der Waals surface area (Å²) in [4.78, 5) is 3.17. The van der Waals surface area contributed by atoms with E-state index in [1.54, 1.807) is 4.68 Å². The van der Waals surface area contributed by atoms with E-state index in [9.17, 15) is 8.42 Å². The van der Waals surface area contributed by atoms with Gasteiger partial charge in [-0.05, 0) is 25.6 Å². The van der Waals surface area contributed by atoms with Crippen molar-refractivity contribution in [3.8, 4) is 0 Å². The maximum Gasteiger partial charge on any atom is 0.179 e. The lowest BCUT2D eigenvalue weighted by molar-refractivity contribution is 0.557. The SMILES string of the molecule is CCCc1nn(C)c2c1[nH]c(=S)n2C(C)CS(C)(=O)=O. The predicted molar refractivity (Wildman–Crippen MR) is 82.3 cm³/mol. The first-order valence-corrected chi connectivity index (χ1v) is 9.05. The average molecular weight is 316 g/mol. The Bertz CT molecular complexity index is 782. The second-order valence-corrected chi connectivity index (χ2v) is 7.83. The molecular formula is C12H20N4O2S2. The standard InChI is InChI=1S/C12H20N4O2S2/c1-5-6-9-10-11(15(3)14-9)16(12(19)13-10)8(2)7-20(4,17)18/h8H,5-7H2,1-4H3,(H,13,19). The van der Waals surface area contributed by atoms with Crippen LogP contribution in [0, 0.1) is 4.77 Å². The monoisotopic (exact) mass is 316 g/mol. The third-order valence-electron chi connectivity index (χ3n) is 3.24. The molecule has 2 heterocycles. The fourth-order valence-corrected chi connectivity index (χ4v) is 3.96. The van der Waals surface area contributed by atoms with Gasteiger partial charge in [0.25, 0.3) is 0 Å². The number of H-pyrrole nitrogens is 1. The first-order chi connectivity index (χ1) is 9.24. The van der Waals surface area contributed by atoms with Crippen LogP contribution in [0.2, 0.25) is 0 Å². The van der Waals surface area contributed by atoms with Gasteiger partial charge in [-0.15, -0.1) is 0 Å². The van der Waals surface area contributed by atoms with Crippen molar-refractivity contribution in [1.29, 1.82) is 0 Å². The molecule has 20 heavy (non-hydrogen) atoms. The highest BCUT2D eigenvalue weighted by Gasteiger charge is 2.20. The molecule has 0 spiro atoms. The van der Waals surface area contributed by atoms with Crippen molar-refractivity contribution >= 4 is 33.2 Å². The fourth-order valence-electron chi connectivity index (χ4n) is 2.57. The van der Waals surface area contributed by atoms with Crippen LogP contribution in [0.15, 0.2) is 0 Å². The molecule has 0 bridgehead atoms. The molecule has 0 aliphatic carbocycles. The van der Waals surface area contributed by atoms with Gasteiger partial charge in [0, 0.05) is 19.3 Å². The number of aryl methyl sites for hydroxylation is 2. The lowest BCUT2D eigenvalue weighted by Crippen LogP contribution is -2.17. The molecule has 0 aliphatic heterocycles. The molecule has 0 saturated carbocycles. The zero-order valence-electron chi connectivity index (χ0n) is 12.2. The number of sulfone groups is 1. The highest BCUT2D eigenvalue weighted by molar-refractivity contribution is 7.90. The van der Waals surface area contributed by atoms with Crippen molar-refractivity contribution < 1.29 is 8.42 Å². The first-order valence-electron chi connectivity index (χ1n) is 6.58. The van der Waals surface area contributed by atoms with Crippen LogP contribution in [-0.2, 0) is 23.3 Å². The lowest BCUT2D eigenvalue weighted by Gasteiger charge is -2.13. The molecule has 1 N–H and O–H groups in total. The van der Waals surface area contributed by atoms with Gasteiger partial charge in [0.05, 0.1) is 11.4 Å². The number of hydrogen-bond acceptors (Lipinski definition) is 4. The number of rotatable bonds is 5. The van der Waals surface area contributed by atoms with E-state index in [2.05, 4.69) is 17.0 Å². The Balaban J connectivity index is 2.59. The summed E-state index contributed by atoms with van der Waals surface area (Å²) in [5.74, 6) is 0.0581. The molecule has 1 atom stereocenters. The molecule has 112 valence electrons. The minimum atomic E-state index is -3.06. The van der Waals surface area contributed by atoms with E-state index in [0.29, 0.717) is 4.77 Å². The maximum atomic E-state index is 11.5. The van der Waals surface area contributed by atoms with Crippen LogP contribution in [0.4, 0.5) is 0 Å². The molecule has 1 unspecified atom stereocenters. The third-order valence-corrected chi connectivity index (χ3v) is 4.63. The maximum absolute atomic E-state index is 11.5. The van der Waals surface area contributed by atoms with Gasteiger partial charge in [-0.1, -0.05) is 13.3 Å². The Morgan fingerprint density at radius 2 is 2.10 bits per heavy atom. The molecule has 0 amide bonds. The molecule has 8 heteroatoms. The molecule has 2 aromatic rings.